The number of fused-ring (bicyclic) bond motifs is 1. The van der Waals surface area contributed by atoms with Crippen molar-refractivity contribution >= 4 is 34.3 Å². The third kappa shape index (κ3) is 4.99. The number of nitriles is 1. The molecule has 33 heavy (non-hydrogen) atoms. The van der Waals surface area contributed by atoms with Gasteiger partial charge in [0.05, 0.1) is 18.1 Å². The summed E-state index contributed by atoms with van der Waals surface area (Å²) < 4.78 is 5.36. The summed E-state index contributed by atoms with van der Waals surface area (Å²) in [6, 6.07) is 10.9. The zero-order chi connectivity index (χ0) is 23.4. The Bertz CT molecular complexity index is 1320. The molecule has 0 unspecified atom stereocenters. The lowest BCUT2D eigenvalue weighted by Crippen LogP contribution is -2.38. The lowest BCUT2D eigenvalue weighted by atomic mass is 9.98. The molecule has 8 nitrogen and oxygen atoms in total. The van der Waals surface area contributed by atoms with Crippen LogP contribution in [-0.4, -0.2) is 45.6 Å². The number of benzene rings is 1. The van der Waals surface area contributed by atoms with Gasteiger partial charge in [-0.25, -0.2) is 4.98 Å². The van der Waals surface area contributed by atoms with Crippen LogP contribution in [0.5, 0.6) is 0 Å². The van der Waals surface area contributed by atoms with Gasteiger partial charge in [0.2, 0.25) is 5.78 Å². The molecule has 1 aliphatic rings. The molecule has 0 saturated heterocycles. The van der Waals surface area contributed by atoms with Crippen molar-refractivity contribution in [2.45, 2.75) is 26.4 Å². The van der Waals surface area contributed by atoms with Crippen LogP contribution in [-0.2, 0) is 32.1 Å². The number of aromatic amines is 1. The number of Topliss-reactive ketones (excluding diaryl/α,β-unsaturated/α-hetero) is 1. The number of carbonyl (C=O) groups is 3. The molecule has 0 aliphatic carbocycles. The summed E-state index contributed by atoms with van der Waals surface area (Å²) in [6.45, 7) is 2.24. The molecular weight excluding hydrogens is 420 g/mol. The summed E-state index contributed by atoms with van der Waals surface area (Å²) in [7, 11) is 0. The van der Waals surface area contributed by atoms with Gasteiger partial charge < -0.3 is 14.6 Å². The number of esters is 1. The molecule has 0 radical (unpaired) electrons. The van der Waals surface area contributed by atoms with Crippen molar-refractivity contribution < 1.29 is 19.1 Å². The first-order valence-corrected chi connectivity index (χ1v) is 10.5. The first-order valence-electron chi connectivity index (χ1n) is 10.5. The first kappa shape index (κ1) is 22.0. The third-order valence-corrected chi connectivity index (χ3v) is 5.54. The SMILES string of the molecule is CC(=O)C(=O)N1CC=C(c2c[nH]c3ncc(CC(=O)OCc4cccc(C#N)c4)cc23)CC1. The van der Waals surface area contributed by atoms with Crippen molar-refractivity contribution in [3.05, 3.63) is 71.1 Å². The zero-order valence-corrected chi connectivity index (χ0v) is 18.1. The number of pyridine rings is 1. The normalized spacial score (nSPS) is 13.3. The monoisotopic (exact) mass is 442 g/mol. The van der Waals surface area contributed by atoms with Crippen molar-refractivity contribution in [1.29, 1.82) is 5.26 Å². The summed E-state index contributed by atoms with van der Waals surface area (Å²) >= 11 is 0. The number of ether oxygens (including phenoxy) is 1. The van der Waals surface area contributed by atoms with Crippen LogP contribution in [0.25, 0.3) is 16.6 Å². The Labute approximate surface area is 190 Å². The van der Waals surface area contributed by atoms with E-state index in [1.165, 1.54) is 11.8 Å². The summed E-state index contributed by atoms with van der Waals surface area (Å²) in [5.74, 6) is -1.31. The van der Waals surface area contributed by atoms with Crippen LogP contribution < -0.4 is 0 Å². The minimum atomic E-state index is -0.467. The Morgan fingerprint density at radius 2 is 2.09 bits per heavy atom. The van der Waals surface area contributed by atoms with Crippen molar-refractivity contribution in [3.8, 4) is 6.07 Å². The molecule has 3 aromatic rings. The standard InChI is InChI=1S/C25H22N4O4/c1-16(30)25(32)29-7-5-20(6-8-29)22-14-28-24-21(22)10-19(13-27-24)11-23(31)33-15-18-4-2-3-17(9-18)12-26/h2-5,9-10,13-14H,6-8,11,15H2,1H3,(H,27,28). The fourth-order valence-corrected chi connectivity index (χ4v) is 3.84. The Kier molecular flexibility index (Phi) is 6.31. The van der Waals surface area contributed by atoms with Crippen LogP contribution in [0.1, 0.15) is 35.6 Å². The zero-order valence-electron chi connectivity index (χ0n) is 18.1. The van der Waals surface area contributed by atoms with E-state index in [-0.39, 0.29) is 19.0 Å². The Hall–Kier alpha value is -4.25. The largest absolute Gasteiger partial charge is 0.461 e. The van der Waals surface area contributed by atoms with Crippen LogP contribution in [0.2, 0.25) is 0 Å². The molecule has 1 N–H and O–H groups in total. The van der Waals surface area contributed by atoms with Crippen molar-refractivity contribution in [2.75, 3.05) is 13.1 Å². The van der Waals surface area contributed by atoms with Crippen LogP contribution in [0.4, 0.5) is 0 Å². The highest BCUT2D eigenvalue weighted by atomic mass is 16.5. The predicted molar refractivity (Wildman–Crippen MR) is 121 cm³/mol. The van der Waals surface area contributed by atoms with Gasteiger partial charge in [0.1, 0.15) is 12.3 Å². The Morgan fingerprint density at radius 3 is 2.82 bits per heavy atom. The average molecular weight is 442 g/mol. The Balaban J connectivity index is 1.44. The lowest BCUT2D eigenvalue weighted by molar-refractivity contribution is -0.144. The van der Waals surface area contributed by atoms with Gasteiger partial charge in [0.15, 0.2) is 0 Å². The highest BCUT2D eigenvalue weighted by Gasteiger charge is 2.22. The molecule has 1 aromatic carbocycles. The lowest BCUT2D eigenvalue weighted by Gasteiger charge is -2.25. The second-order valence-electron chi connectivity index (χ2n) is 7.88. The number of nitrogens with one attached hydrogen (secondary N) is 1. The van der Waals surface area contributed by atoms with E-state index < -0.39 is 11.7 Å². The summed E-state index contributed by atoms with van der Waals surface area (Å²) in [5.41, 5.74) is 4.74. The summed E-state index contributed by atoms with van der Waals surface area (Å²) in [4.78, 5) is 44.7. The topological polar surface area (TPSA) is 116 Å². The highest BCUT2D eigenvalue weighted by Crippen LogP contribution is 2.29. The molecule has 1 aliphatic heterocycles. The highest BCUT2D eigenvalue weighted by molar-refractivity contribution is 6.35. The average Bonchev–Trinajstić information content (AvgIpc) is 3.25. The van der Waals surface area contributed by atoms with E-state index in [0.717, 1.165) is 27.6 Å². The van der Waals surface area contributed by atoms with Gasteiger partial charge in [-0.1, -0.05) is 18.2 Å². The maximum Gasteiger partial charge on any atom is 0.310 e. The molecule has 1 amide bonds. The third-order valence-electron chi connectivity index (χ3n) is 5.54. The molecule has 0 spiro atoms. The fraction of sp³-hybridized carbons (Fsp3) is 0.240. The van der Waals surface area contributed by atoms with Gasteiger partial charge in [-0.15, -0.1) is 0 Å². The van der Waals surface area contributed by atoms with E-state index in [9.17, 15) is 14.4 Å². The van der Waals surface area contributed by atoms with Gasteiger partial charge in [-0.3, -0.25) is 14.4 Å². The molecule has 0 saturated carbocycles. The van der Waals surface area contributed by atoms with Crippen LogP contribution >= 0.6 is 0 Å². The van der Waals surface area contributed by atoms with Crippen LogP contribution in [0.15, 0.2) is 48.8 Å². The quantitative estimate of drug-likeness (QED) is 0.463. The number of hydrogen-bond donors (Lipinski definition) is 1. The smallest absolute Gasteiger partial charge is 0.310 e. The number of H-pyrrole nitrogens is 1. The molecule has 3 heterocycles. The summed E-state index contributed by atoms with van der Waals surface area (Å²) in [5, 5.41) is 9.87. The van der Waals surface area contributed by atoms with Crippen LogP contribution in [0, 0.1) is 11.3 Å². The van der Waals surface area contributed by atoms with Gasteiger partial charge >= 0.3 is 5.97 Å². The number of ketones is 1. The minimum Gasteiger partial charge on any atom is -0.461 e. The number of nitrogens with zero attached hydrogens (tertiary/aromatic N) is 3. The van der Waals surface area contributed by atoms with E-state index in [0.29, 0.717) is 30.7 Å². The number of aromatic nitrogens is 2. The van der Waals surface area contributed by atoms with Gasteiger partial charge in [0, 0.05) is 43.4 Å². The Morgan fingerprint density at radius 1 is 1.24 bits per heavy atom. The molecule has 8 heteroatoms. The molecular formula is C25H22N4O4. The number of carbonyl (C=O) groups excluding carboxylic acids is 3. The fourth-order valence-electron chi connectivity index (χ4n) is 3.84. The van der Waals surface area contributed by atoms with Gasteiger partial charge in [-0.2, -0.15) is 5.26 Å². The van der Waals surface area contributed by atoms with Crippen molar-refractivity contribution in [2.24, 2.45) is 0 Å². The molecule has 0 atom stereocenters. The van der Waals surface area contributed by atoms with Crippen LogP contribution in [0.3, 0.4) is 0 Å². The minimum absolute atomic E-state index is 0.0748. The predicted octanol–water partition coefficient (Wildman–Crippen LogP) is 2.93. The molecule has 0 fully saturated rings. The van der Waals surface area contributed by atoms with E-state index in [2.05, 4.69) is 16.0 Å². The molecule has 2 aromatic heterocycles. The van der Waals surface area contributed by atoms with Crippen molar-refractivity contribution in [1.82, 2.24) is 14.9 Å². The van der Waals surface area contributed by atoms with E-state index in [1.807, 2.05) is 18.3 Å². The maximum absolute atomic E-state index is 12.4. The molecule has 166 valence electrons. The number of hydrogen-bond acceptors (Lipinski definition) is 6. The number of rotatable bonds is 6. The molecule has 4 rings (SSSR count). The summed E-state index contributed by atoms with van der Waals surface area (Å²) in [6.07, 6.45) is 6.16. The number of amides is 1. The van der Waals surface area contributed by atoms with E-state index >= 15 is 0 Å². The second kappa shape index (κ2) is 9.49. The second-order valence-corrected chi connectivity index (χ2v) is 7.88. The van der Waals surface area contributed by atoms with E-state index in [1.54, 1.807) is 30.5 Å². The van der Waals surface area contributed by atoms with Gasteiger partial charge in [-0.05, 0) is 41.3 Å². The first-order chi connectivity index (χ1) is 15.9. The van der Waals surface area contributed by atoms with E-state index in [4.69, 9.17) is 10.00 Å². The van der Waals surface area contributed by atoms with Gasteiger partial charge in [0.25, 0.3) is 5.91 Å². The maximum atomic E-state index is 12.4. The van der Waals surface area contributed by atoms with Crippen molar-refractivity contribution in [3.63, 3.8) is 0 Å². The molecule has 0 bridgehead atoms.